The van der Waals surface area contributed by atoms with Crippen molar-refractivity contribution in [1.82, 2.24) is 15.1 Å². The number of aromatic nitrogens is 2. The molecule has 17 heavy (non-hydrogen) atoms. The SMILES string of the molecule is Cc1cc(N2C(=O)NC(C3CC3)C2=O)n(C)n1. The Morgan fingerprint density at radius 2 is 2.12 bits per heavy atom. The van der Waals surface area contributed by atoms with Crippen LogP contribution in [0.4, 0.5) is 10.6 Å². The molecule has 0 spiro atoms. The minimum Gasteiger partial charge on any atom is -0.325 e. The number of carbonyl (C=O) groups excluding carboxylic acids is 2. The van der Waals surface area contributed by atoms with Gasteiger partial charge in [-0.1, -0.05) is 0 Å². The van der Waals surface area contributed by atoms with E-state index in [1.165, 1.54) is 4.90 Å². The van der Waals surface area contributed by atoms with Crippen LogP contribution in [0.3, 0.4) is 0 Å². The maximum atomic E-state index is 12.2. The molecule has 2 heterocycles. The Morgan fingerprint density at radius 1 is 1.41 bits per heavy atom. The fraction of sp³-hybridized carbons (Fsp3) is 0.545. The van der Waals surface area contributed by atoms with Crippen LogP contribution in [0.1, 0.15) is 18.5 Å². The molecule has 1 N–H and O–H groups in total. The Bertz CT molecular complexity index is 504. The molecule has 2 fully saturated rings. The Kier molecular flexibility index (Phi) is 2.01. The van der Waals surface area contributed by atoms with E-state index in [2.05, 4.69) is 10.4 Å². The first-order valence-electron chi connectivity index (χ1n) is 5.73. The minimum atomic E-state index is -0.338. The van der Waals surface area contributed by atoms with Crippen LogP contribution in [0.5, 0.6) is 0 Å². The maximum absolute atomic E-state index is 12.2. The van der Waals surface area contributed by atoms with Gasteiger partial charge in [0.15, 0.2) is 0 Å². The van der Waals surface area contributed by atoms with Crippen molar-refractivity contribution in [2.75, 3.05) is 4.90 Å². The summed E-state index contributed by atoms with van der Waals surface area (Å²) in [6.07, 6.45) is 2.05. The highest BCUT2D eigenvalue weighted by molar-refractivity contribution is 6.21. The number of nitrogens with one attached hydrogen (secondary N) is 1. The molecule has 1 aromatic heterocycles. The summed E-state index contributed by atoms with van der Waals surface area (Å²) in [5.41, 5.74) is 0.790. The van der Waals surface area contributed by atoms with Crippen LogP contribution in [0.25, 0.3) is 0 Å². The number of hydrogen-bond acceptors (Lipinski definition) is 3. The fourth-order valence-electron chi connectivity index (χ4n) is 2.27. The van der Waals surface area contributed by atoms with E-state index >= 15 is 0 Å². The monoisotopic (exact) mass is 234 g/mol. The second-order valence-electron chi connectivity index (χ2n) is 4.71. The molecule has 2 aliphatic rings. The summed E-state index contributed by atoms with van der Waals surface area (Å²) < 4.78 is 1.56. The average Bonchev–Trinajstić information content (AvgIpc) is 2.98. The van der Waals surface area contributed by atoms with Crippen LogP contribution in [0.2, 0.25) is 0 Å². The van der Waals surface area contributed by atoms with Gasteiger partial charge in [-0.3, -0.25) is 9.48 Å². The summed E-state index contributed by atoms with van der Waals surface area (Å²) >= 11 is 0. The molecule has 0 aromatic carbocycles. The first-order valence-corrected chi connectivity index (χ1v) is 5.73. The number of urea groups is 1. The van der Waals surface area contributed by atoms with Crippen LogP contribution < -0.4 is 10.2 Å². The number of aryl methyl sites for hydroxylation is 2. The first-order chi connectivity index (χ1) is 8.08. The van der Waals surface area contributed by atoms with Crippen LogP contribution in [-0.4, -0.2) is 27.8 Å². The quantitative estimate of drug-likeness (QED) is 0.760. The zero-order valence-corrected chi connectivity index (χ0v) is 9.80. The van der Waals surface area contributed by atoms with Crippen molar-refractivity contribution in [1.29, 1.82) is 0 Å². The van der Waals surface area contributed by atoms with Gasteiger partial charge >= 0.3 is 6.03 Å². The molecular weight excluding hydrogens is 220 g/mol. The van der Waals surface area contributed by atoms with Gasteiger partial charge in [0, 0.05) is 13.1 Å². The lowest BCUT2D eigenvalue weighted by molar-refractivity contribution is -0.118. The number of imide groups is 1. The van der Waals surface area contributed by atoms with Gasteiger partial charge in [0.2, 0.25) is 0 Å². The standard InChI is InChI=1S/C11H14N4O2/c1-6-5-8(14(2)13-6)15-10(16)9(7-3-4-7)12-11(15)17/h5,7,9H,3-4H2,1-2H3,(H,12,17). The third kappa shape index (κ3) is 1.51. The first kappa shape index (κ1) is 10.3. The Labute approximate surface area is 98.6 Å². The van der Waals surface area contributed by atoms with Crippen LogP contribution in [0, 0.1) is 12.8 Å². The number of nitrogens with zero attached hydrogens (tertiary/aromatic N) is 3. The maximum Gasteiger partial charge on any atom is 0.330 e. The van der Waals surface area contributed by atoms with Crippen LogP contribution in [0.15, 0.2) is 6.07 Å². The normalized spacial score (nSPS) is 24.4. The summed E-state index contributed by atoms with van der Waals surface area (Å²) in [7, 11) is 1.73. The lowest BCUT2D eigenvalue weighted by Crippen LogP contribution is -2.33. The molecule has 6 heteroatoms. The number of amides is 3. The van der Waals surface area contributed by atoms with Crippen molar-refractivity contribution in [3.8, 4) is 0 Å². The lowest BCUT2D eigenvalue weighted by Gasteiger charge is -2.12. The molecule has 3 rings (SSSR count). The Balaban J connectivity index is 1.95. The Morgan fingerprint density at radius 3 is 2.65 bits per heavy atom. The van der Waals surface area contributed by atoms with Crippen molar-refractivity contribution in [2.24, 2.45) is 13.0 Å². The van der Waals surface area contributed by atoms with Gasteiger partial charge in [-0.25, -0.2) is 9.69 Å². The van der Waals surface area contributed by atoms with Gasteiger partial charge in [-0.05, 0) is 25.7 Å². The molecule has 0 bridgehead atoms. The fourth-order valence-corrected chi connectivity index (χ4v) is 2.27. The van der Waals surface area contributed by atoms with Crippen molar-refractivity contribution in [2.45, 2.75) is 25.8 Å². The van der Waals surface area contributed by atoms with Crippen molar-refractivity contribution < 1.29 is 9.59 Å². The highest BCUT2D eigenvalue weighted by atomic mass is 16.2. The van der Waals surface area contributed by atoms with Gasteiger partial charge in [-0.2, -0.15) is 5.10 Å². The van der Waals surface area contributed by atoms with Gasteiger partial charge in [0.25, 0.3) is 5.91 Å². The average molecular weight is 234 g/mol. The predicted molar refractivity (Wildman–Crippen MR) is 60.5 cm³/mol. The number of anilines is 1. The van der Waals surface area contributed by atoms with E-state index < -0.39 is 0 Å². The third-order valence-electron chi connectivity index (χ3n) is 3.27. The van der Waals surface area contributed by atoms with E-state index in [0.29, 0.717) is 11.7 Å². The molecule has 1 atom stereocenters. The van der Waals surface area contributed by atoms with E-state index in [0.717, 1.165) is 18.5 Å². The van der Waals surface area contributed by atoms with E-state index in [1.54, 1.807) is 17.8 Å². The second kappa shape index (κ2) is 3.32. The molecule has 1 aliphatic carbocycles. The topological polar surface area (TPSA) is 67.2 Å². The number of carbonyl (C=O) groups is 2. The van der Waals surface area contributed by atoms with Crippen molar-refractivity contribution in [3.63, 3.8) is 0 Å². The summed E-state index contributed by atoms with van der Waals surface area (Å²) in [5, 5.41) is 6.90. The largest absolute Gasteiger partial charge is 0.330 e. The molecule has 1 unspecified atom stereocenters. The van der Waals surface area contributed by atoms with Gasteiger partial charge in [0.1, 0.15) is 11.9 Å². The molecule has 1 saturated heterocycles. The Hall–Kier alpha value is -1.85. The van der Waals surface area contributed by atoms with E-state index in [-0.39, 0.29) is 18.0 Å². The van der Waals surface area contributed by atoms with E-state index in [4.69, 9.17) is 0 Å². The van der Waals surface area contributed by atoms with Gasteiger partial charge < -0.3 is 5.32 Å². The van der Waals surface area contributed by atoms with Crippen LogP contribution in [-0.2, 0) is 11.8 Å². The molecule has 1 aliphatic heterocycles. The molecule has 1 aromatic rings. The number of rotatable bonds is 2. The summed E-state index contributed by atoms with van der Waals surface area (Å²) in [4.78, 5) is 25.2. The highest BCUT2D eigenvalue weighted by Crippen LogP contribution is 2.36. The number of hydrogen-bond donors (Lipinski definition) is 1. The molecule has 1 saturated carbocycles. The molecule has 90 valence electrons. The summed E-state index contributed by atoms with van der Waals surface area (Å²) in [6, 6.07) is 1.07. The smallest absolute Gasteiger partial charge is 0.325 e. The minimum absolute atomic E-state index is 0.152. The second-order valence-corrected chi connectivity index (χ2v) is 4.71. The molecular formula is C11H14N4O2. The zero-order valence-electron chi connectivity index (χ0n) is 9.80. The predicted octanol–water partition coefficient (Wildman–Crippen LogP) is 0.563. The summed E-state index contributed by atoms with van der Waals surface area (Å²) in [6.45, 7) is 1.83. The summed E-state index contributed by atoms with van der Waals surface area (Å²) in [5.74, 6) is 0.708. The molecule has 3 amide bonds. The van der Waals surface area contributed by atoms with Crippen molar-refractivity contribution in [3.05, 3.63) is 11.8 Å². The van der Waals surface area contributed by atoms with E-state index in [1.807, 2.05) is 6.92 Å². The van der Waals surface area contributed by atoms with Crippen molar-refractivity contribution >= 4 is 17.8 Å². The molecule has 0 radical (unpaired) electrons. The zero-order chi connectivity index (χ0) is 12.2. The van der Waals surface area contributed by atoms with Gasteiger partial charge in [-0.15, -0.1) is 0 Å². The van der Waals surface area contributed by atoms with Gasteiger partial charge in [0.05, 0.1) is 5.69 Å². The van der Waals surface area contributed by atoms with E-state index in [9.17, 15) is 9.59 Å². The highest BCUT2D eigenvalue weighted by Gasteiger charge is 2.47. The third-order valence-corrected chi connectivity index (χ3v) is 3.27. The lowest BCUT2D eigenvalue weighted by atomic mass is 10.2. The molecule has 6 nitrogen and oxygen atoms in total. The van der Waals surface area contributed by atoms with Crippen LogP contribution >= 0.6 is 0 Å².